The van der Waals surface area contributed by atoms with E-state index in [9.17, 15) is 0 Å². The number of hydrogen-bond donors (Lipinski definition) is 2. The van der Waals surface area contributed by atoms with Gasteiger partial charge in [-0.1, -0.05) is 20.8 Å². The van der Waals surface area contributed by atoms with Crippen LogP contribution in [0.3, 0.4) is 0 Å². The quantitative estimate of drug-likeness (QED) is 0.402. The average molecular weight is 292 g/mol. The van der Waals surface area contributed by atoms with Gasteiger partial charge in [0.25, 0.3) is 0 Å². The van der Waals surface area contributed by atoms with Gasteiger partial charge in [0, 0.05) is 32.4 Å². The lowest BCUT2D eigenvalue weighted by Gasteiger charge is -2.30. The van der Waals surface area contributed by atoms with Crippen LogP contribution in [0.1, 0.15) is 47.0 Å². The van der Waals surface area contributed by atoms with Crippen LogP contribution in [0.5, 0.6) is 0 Å². The Kier molecular flexibility index (Phi) is 11.8. The van der Waals surface area contributed by atoms with Crippen molar-refractivity contribution in [1.82, 2.24) is 5.32 Å². The van der Waals surface area contributed by atoms with Gasteiger partial charge in [0.2, 0.25) is 0 Å². The summed E-state index contributed by atoms with van der Waals surface area (Å²) in [7, 11) is -2.54. The molecular weight excluding hydrogens is 260 g/mol. The molecule has 0 heterocycles. The standard InChI is InChI=1S/C13H32N2O3Si/c1-5-9-16-19(17-10-6-2,18-11-7-3)12-8-15-13(4)14/h13,15H,5-12,14H2,1-4H3. The highest BCUT2D eigenvalue weighted by Crippen LogP contribution is 2.17. The van der Waals surface area contributed by atoms with E-state index in [2.05, 4.69) is 26.1 Å². The Labute approximate surface area is 119 Å². The topological polar surface area (TPSA) is 65.7 Å². The smallest absolute Gasteiger partial charge is 0.373 e. The third-order valence-electron chi connectivity index (χ3n) is 2.48. The van der Waals surface area contributed by atoms with Crippen molar-refractivity contribution < 1.29 is 13.3 Å². The molecule has 0 radical (unpaired) electrons. The molecule has 0 aliphatic heterocycles. The van der Waals surface area contributed by atoms with E-state index in [-0.39, 0.29) is 6.17 Å². The van der Waals surface area contributed by atoms with Gasteiger partial charge in [0.15, 0.2) is 0 Å². The first-order valence-corrected chi connectivity index (χ1v) is 9.44. The summed E-state index contributed by atoms with van der Waals surface area (Å²) in [4.78, 5) is 0. The molecule has 1 atom stereocenters. The van der Waals surface area contributed by atoms with Crippen LogP contribution in [-0.4, -0.2) is 41.3 Å². The Bertz CT molecular complexity index is 185. The summed E-state index contributed by atoms with van der Waals surface area (Å²) in [6.07, 6.45) is 2.90. The third-order valence-corrected chi connectivity index (χ3v) is 5.27. The first kappa shape index (κ1) is 19.0. The van der Waals surface area contributed by atoms with E-state index in [4.69, 9.17) is 19.0 Å². The van der Waals surface area contributed by atoms with Crippen molar-refractivity contribution in [2.45, 2.75) is 59.2 Å². The summed E-state index contributed by atoms with van der Waals surface area (Å²) in [5.74, 6) is 0. The monoisotopic (exact) mass is 292 g/mol. The van der Waals surface area contributed by atoms with Crippen LogP contribution in [0.15, 0.2) is 0 Å². The second-order valence-electron chi connectivity index (χ2n) is 4.72. The molecule has 0 aromatic heterocycles. The molecule has 5 nitrogen and oxygen atoms in total. The van der Waals surface area contributed by atoms with Crippen LogP contribution in [0.2, 0.25) is 6.04 Å². The zero-order chi connectivity index (χ0) is 14.6. The minimum atomic E-state index is -2.54. The average Bonchev–Trinajstić information content (AvgIpc) is 2.39. The molecule has 0 bridgehead atoms. The van der Waals surface area contributed by atoms with Crippen molar-refractivity contribution in [2.75, 3.05) is 26.4 Å². The van der Waals surface area contributed by atoms with Crippen LogP contribution >= 0.6 is 0 Å². The maximum absolute atomic E-state index is 5.98. The number of rotatable bonds is 13. The summed E-state index contributed by atoms with van der Waals surface area (Å²) in [6.45, 7) is 11.1. The van der Waals surface area contributed by atoms with Crippen molar-refractivity contribution >= 4 is 8.80 Å². The summed E-state index contributed by atoms with van der Waals surface area (Å²) in [6, 6.07) is 0.772. The Morgan fingerprint density at radius 1 is 0.947 bits per heavy atom. The van der Waals surface area contributed by atoms with E-state index in [1.165, 1.54) is 0 Å². The lowest BCUT2D eigenvalue weighted by molar-refractivity contribution is 0.0592. The van der Waals surface area contributed by atoms with Crippen molar-refractivity contribution in [1.29, 1.82) is 0 Å². The van der Waals surface area contributed by atoms with Crippen LogP contribution in [0, 0.1) is 0 Å². The lowest BCUT2D eigenvalue weighted by Crippen LogP contribution is -2.49. The molecule has 0 fully saturated rings. The highest BCUT2D eigenvalue weighted by Gasteiger charge is 2.40. The normalized spacial score (nSPS) is 13.7. The number of nitrogens with two attached hydrogens (primary N) is 1. The fourth-order valence-corrected chi connectivity index (χ4v) is 4.25. The Balaban J connectivity index is 4.47. The fourth-order valence-electron chi connectivity index (χ4n) is 1.57. The molecular formula is C13H32N2O3Si. The molecule has 0 rings (SSSR count). The van der Waals surface area contributed by atoms with Gasteiger partial charge in [0.05, 0.1) is 6.17 Å². The van der Waals surface area contributed by atoms with Crippen LogP contribution in [-0.2, 0) is 13.3 Å². The second kappa shape index (κ2) is 11.8. The molecule has 19 heavy (non-hydrogen) atoms. The largest absolute Gasteiger partial charge is 0.502 e. The van der Waals surface area contributed by atoms with Crippen molar-refractivity contribution in [2.24, 2.45) is 5.73 Å². The highest BCUT2D eigenvalue weighted by atomic mass is 28.4. The zero-order valence-electron chi connectivity index (χ0n) is 13.0. The summed E-state index contributed by atoms with van der Waals surface area (Å²) in [5.41, 5.74) is 5.70. The summed E-state index contributed by atoms with van der Waals surface area (Å²) in [5, 5.41) is 3.20. The minimum Gasteiger partial charge on any atom is -0.373 e. The number of nitrogens with one attached hydrogen (secondary N) is 1. The van der Waals surface area contributed by atoms with Gasteiger partial charge in [-0.3, -0.25) is 0 Å². The van der Waals surface area contributed by atoms with E-state index in [0.29, 0.717) is 19.8 Å². The Hall–Kier alpha value is 0.0169. The number of hydrogen-bond acceptors (Lipinski definition) is 5. The predicted molar refractivity (Wildman–Crippen MR) is 80.9 cm³/mol. The molecule has 0 aromatic carbocycles. The van der Waals surface area contributed by atoms with Crippen molar-refractivity contribution in [3.05, 3.63) is 0 Å². The van der Waals surface area contributed by atoms with Crippen molar-refractivity contribution in [3.8, 4) is 0 Å². The minimum absolute atomic E-state index is 0.0183. The van der Waals surface area contributed by atoms with Gasteiger partial charge in [-0.25, -0.2) is 0 Å². The van der Waals surface area contributed by atoms with Gasteiger partial charge in [-0.2, -0.15) is 0 Å². The molecule has 0 aliphatic rings. The van der Waals surface area contributed by atoms with Gasteiger partial charge in [0.1, 0.15) is 0 Å². The zero-order valence-corrected chi connectivity index (χ0v) is 14.0. The summed E-state index contributed by atoms with van der Waals surface area (Å²) >= 11 is 0. The Morgan fingerprint density at radius 2 is 1.37 bits per heavy atom. The molecule has 0 aliphatic carbocycles. The molecule has 0 saturated heterocycles. The molecule has 6 heteroatoms. The van der Waals surface area contributed by atoms with E-state index >= 15 is 0 Å². The van der Waals surface area contributed by atoms with Crippen LogP contribution in [0.25, 0.3) is 0 Å². The predicted octanol–water partition coefficient (Wildman–Crippen LogP) is 2.10. The molecule has 3 N–H and O–H groups in total. The van der Waals surface area contributed by atoms with E-state index in [1.807, 2.05) is 6.92 Å². The molecule has 0 aromatic rings. The fraction of sp³-hybridized carbons (Fsp3) is 1.00. The van der Waals surface area contributed by atoms with E-state index in [1.54, 1.807) is 0 Å². The maximum atomic E-state index is 5.98. The van der Waals surface area contributed by atoms with Gasteiger partial charge >= 0.3 is 8.80 Å². The molecule has 1 unspecified atom stereocenters. The Morgan fingerprint density at radius 3 is 1.68 bits per heavy atom. The van der Waals surface area contributed by atoms with Crippen LogP contribution < -0.4 is 11.1 Å². The molecule has 0 saturated carbocycles. The van der Waals surface area contributed by atoms with Gasteiger partial charge < -0.3 is 24.3 Å². The SMILES string of the molecule is CCCO[Si](CCNC(C)N)(OCCC)OCCC. The summed E-state index contributed by atoms with van der Waals surface area (Å²) < 4.78 is 17.9. The third kappa shape index (κ3) is 9.54. The van der Waals surface area contributed by atoms with E-state index < -0.39 is 8.80 Å². The second-order valence-corrected chi connectivity index (χ2v) is 7.45. The molecule has 0 amide bonds. The van der Waals surface area contributed by atoms with Gasteiger partial charge in [-0.15, -0.1) is 0 Å². The lowest BCUT2D eigenvalue weighted by atomic mass is 10.5. The first-order chi connectivity index (χ1) is 9.10. The van der Waals surface area contributed by atoms with Gasteiger partial charge in [-0.05, 0) is 26.2 Å². The highest BCUT2D eigenvalue weighted by molar-refractivity contribution is 6.60. The van der Waals surface area contributed by atoms with Crippen LogP contribution in [0.4, 0.5) is 0 Å². The molecule has 0 spiro atoms. The first-order valence-electron chi connectivity index (χ1n) is 7.51. The van der Waals surface area contributed by atoms with E-state index in [0.717, 1.165) is 31.9 Å². The maximum Gasteiger partial charge on any atom is 0.502 e. The molecule has 116 valence electrons. The van der Waals surface area contributed by atoms with Crippen molar-refractivity contribution in [3.63, 3.8) is 0 Å².